The van der Waals surface area contributed by atoms with Crippen LogP contribution in [0.1, 0.15) is 24.0 Å². The van der Waals surface area contributed by atoms with Gasteiger partial charge in [0.15, 0.2) is 5.11 Å². The number of benzene rings is 1. The number of methoxy groups -OCH3 is 1. The molecule has 2 aromatic rings. The minimum Gasteiger partial charge on any atom is -0.496 e. The maximum Gasteiger partial charge on any atom is 0.307 e. The third kappa shape index (κ3) is 3.46. The summed E-state index contributed by atoms with van der Waals surface area (Å²) in [7, 11) is 1.55. The average Bonchev–Trinajstić information content (AvgIpc) is 3.30. The van der Waals surface area contributed by atoms with Crippen molar-refractivity contribution in [2.45, 2.75) is 25.4 Å². The number of hydrogen-bond acceptors (Lipinski definition) is 6. The number of ether oxygens (including phenoxy) is 1. The fourth-order valence-corrected chi connectivity index (χ4v) is 3.44. The van der Waals surface area contributed by atoms with Crippen molar-refractivity contribution >= 4 is 35.0 Å². The van der Waals surface area contributed by atoms with Gasteiger partial charge in [-0.1, -0.05) is 6.07 Å². The van der Waals surface area contributed by atoms with Crippen molar-refractivity contribution in [1.29, 1.82) is 0 Å². The van der Waals surface area contributed by atoms with Crippen LogP contribution in [-0.2, 0) is 11.3 Å². The predicted molar refractivity (Wildman–Crippen MR) is 105 cm³/mol. The molecule has 4 rings (SSSR count). The number of thiocarbonyl (C=S) groups is 1. The first-order valence-corrected chi connectivity index (χ1v) is 9.07. The van der Waals surface area contributed by atoms with Crippen molar-refractivity contribution in [3.05, 3.63) is 57.5 Å². The van der Waals surface area contributed by atoms with Crippen LogP contribution in [0, 0.1) is 10.1 Å². The van der Waals surface area contributed by atoms with Crippen molar-refractivity contribution in [3.8, 4) is 5.75 Å². The molecule has 9 nitrogen and oxygen atoms in total. The smallest absolute Gasteiger partial charge is 0.307 e. The summed E-state index contributed by atoms with van der Waals surface area (Å²) in [6, 6.07) is 5.69. The molecule has 1 saturated heterocycles. The van der Waals surface area contributed by atoms with Gasteiger partial charge in [-0.3, -0.25) is 24.5 Å². The zero-order chi connectivity index (χ0) is 19.8. The van der Waals surface area contributed by atoms with E-state index in [1.54, 1.807) is 24.2 Å². The van der Waals surface area contributed by atoms with Crippen molar-refractivity contribution in [3.63, 3.8) is 0 Å². The highest BCUT2D eigenvalue weighted by Gasteiger charge is 2.41. The summed E-state index contributed by atoms with van der Waals surface area (Å²) in [5.41, 5.74) is 1.92. The molecule has 2 fully saturated rings. The number of carbonyl (C=O) groups excluding carboxylic acids is 1. The molecule has 0 bridgehead atoms. The van der Waals surface area contributed by atoms with Gasteiger partial charge in [-0.15, -0.1) is 0 Å². The second-order valence-electron chi connectivity index (χ2n) is 6.62. The summed E-state index contributed by atoms with van der Waals surface area (Å²) in [4.78, 5) is 24.6. The Labute approximate surface area is 165 Å². The molecule has 1 aromatic carbocycles. The Hall–Kier alpha value is -3.27. The van der Waals surface area contributed by atoms with Crippen LogP contribution in [-0.4, -0.2) is 43.8 Å². The van der Waals surface area contributed by atoms with Crippen molar-refractivity contribution in [2.24, 2.45) is 0 Å². The number of amides is 1. The van der Waals surface area contributed by atoms with Gasteiger partial charge < -0.3 is 10.1 Å². The van der Waals surface area contributed by atoms with Gasteiger partial charge in [-0.25, -0.2) is 0 Å². The van der Waals surface area contributed by atoms with Gasteiger partial charge in [-0.2, -0.15) is 5.10 Å². The third-order valence-electron chi connectivity index (χ3n) is 4.60. The lowest BCUT2D eigenvalue weighted by molar-refractivity contribution is -0.385. The Morgan fingerprint density at radius 1 is 1.46 bits per heavy atom. The molecule has 28 heavy (non-hydrogen) atoms. The van der Waals surface area contributed by atoms with Crippen LogP contribution < -0.4 is 10.1 Å². The normalized spacial score (nSPS) is 17.9. The molecule has 1 amide bonds. The second kappa shape index (κ2) is 7.04. The van der Waals surface area contributed by atoms with Crippen molar-refractivity contribution < 1.29 is 14.5 Å². The zero-order valence-corrected chi connectivity index (χ0v) is 15.8. The van der Waals surface area contributed by atoms with Crippen molar-refractivity contribution in [1.82, 2.24) is 20.0 Å². The summed E-state index contributed by atoms with van der Waals surface area (Å²) in [6.07, 6.45) is 6.25. The fourth-order valence-electron chi connectivity index (χ4n) is 3.10. The van der Waals surface area contributed by atoms with Gasteiger partial charge in [0.1, 0.15) is 23.8 Å². The Morgan fingerprint density at radius 2 is 2.25 bits per heavy atom. The number of nitro groups is 1. The van der Waals surface area contributed by atoms with Crippen LogP contribution in [0.5, 0.6) is 5.75 Å². The maximum absolute atomic E-state index is 12.6. The van der Waals surface area contributed by atoms with Gasteiger partial charge in [0.05, 0.1) is 18.6 Å². The van der Waals surface area contributed by atoms with E-state index in [-0.39, 0.29) is 17.6 Å². The highest BCUT2D eigenvalue weighted by molar-refractivity contribution is 7.80. The number of nitrogens with one attached hydrogen (secondary N) is 1. The van der Waals surface area contributed by atoms with Gasteiger partial charge >= 0.3 is 5.69 Å². The summed E-state index contributed by atoms with van der Waals surface area (Å²) in [5.74, 6) is 0.508. The zero-order valence-electron chi connectivity index (χ0n) is 15.0. The average molecular weight is 399 g/mol. The molecule has 144 valence electrons. The Morgan fingerprint density at radius 3 is 2.89 bits per heavy atom. The lowest BCUT2D eigenvalue weighted by Crippen LogP contribution is -2.32. The Kier molecular flexibility index (Phi) is 4.55. The van der Waals surface area contributed by atoms with Crippen LogP contribution in [0.4, 0.5) is 5.69 Å². The maximum atomic E-state index is 12.6. The Bertz CT molecular complexity index is 1010. The standard InChI is InChI=1S/C18H17N5O4S/c1-27-16-5-2-11(6-12(16)9-21-10-14(8-19-21)23(25)26)7-15-17(24)22(13-3-4-13)18(28)20-15/h2,5-8,10,13H,3-4,9H2,1H3,(H,20,28)/b15-7+. The van der Waals surface area contributed by atoms with E-state index < -0.39 is 4.92 Å². The molecule has 0 radical (unpaired) electrons. The number of carbonyl (C=O) groups is 1. The molecular weight excluding hydrogens is 382 g/mol. The van der Waals surface area contributed by atoms with Gasteiger partial charge in [0.2, 0.25) is 0 Å². The second-order valence-corrected chi connectivity index (χ2v) is 7.01. The minimum absolute atomic E-state index is 0.0772. The topological polar surface area (TPSA) is 103 Å². The molecule has 1 aromatic heterocycles. The monoisotopic (exact) mass is 399 g/mol. The molecule has 1 aliphatic heterocycles. The number of nitrogens with zero attached hydrogens (tertiary/aromatic N) is 4. The molecular formula is C18H17N5O4S. The van der Waals surface area contributed by atoms with Crippen LogP contribution in [0.2, 0.25) is 0 Å². The fraction of sp³-hybridized carbons (Fsp3) is 0.278. The van der Waals surface area contributed by atoms with E-state index in [0.717, 1.165) is 24.0 Å². The Balaban J connectivity index is 1.60. The molecule has 2 heterocycles. The van der Waals surface area contributed by atoms with E-state index in [0.29, 0.717) is 23.1 Å². The minimum atomic E-state index is -0.493. The van der Waals surface area contributed by atoms with Gasteiger partial charge in [-0.05, 0) is 48.8 Å². The summed E-state index contributed by atoms with van der Waals surface area (Å²) >= 11 is 5.27. The number of rotatable bonds is 6. The molecule has 1 N–H and O–H groups in total. The highest BCUT2D eigenvalue weighted by atomic mass is 32.1. The van der Waals surface area contributed by atoms with Gasteiger partial charge in [0.25, 0.3) is 5.91 Å². The lowest BCUT2D eigenvalue weighted by atomic mass is 10.1. The number of aromatic nitrogens is 2. The van der Waals surface area contributed by atoms with E-state index in [1.807, 2.05) is 12.1 Å². The van der Waals surface area contributed by atoms with Crippen LogP contribution in [0.15, 0.2) is 36.3 Å². The third-order valence-corrected chi connectivity index (χ3v) is 4.90. The highest BCUT2D eigenvalue weighted by Crippen LogP contribution is 2.31. The molecule has 10 heteroatoms. The first-order chi connectivity index (χ1) is 13.5. The lowest BCUT2D eigenvalue weighted by Gasteiger charge is -2.11. The molecule has 0 unspecified atom stereocenters. The molecule has 1 aliphatic carbocycles. The van der Waals surface area contributed by atoms with Gasteiger partial charge in [0, 0.05) is 11.6 Å². The summed E-state index contributed by atoms with van der Waals surface area (Å²) < 4.78 is 6.85. The van der Waals surface area contributed by atoms with E-state index in [4.69, 9.17) is 17.0 Å². The van der Waals surface area contributed by atoms with E-state index in [2.05, 4.69) is 10.4 Å². The van der Waals surface area contributed by atoms with Crippen molar-refractivity contribution in [2.75, 3.05) is 7.11 Å². The molecule has 0 spiro atoms. The van der Waals surface area contributed by atoms with E-state index >= 15 is 0 Å². The molecule has 1 saturated carbocycles. The summed E-state index contributed by atoms with van der Waals surface area (Å²) in [5, 5.41) is 18.3. The van der Waals surface area contributed by atoms with E-state index in [1.165, 1.54) is 17.1 Å². The first kappa shape index (κ1) is 18.1. The number of hydrogen-bond donors (Lipinski definition) is 1. The van der Waals surface area contributed by atoms with Crippen LogP contribution >= 0.6 is 12.2 Å². The van der Waals surface area contributed by atoms with E-state index in [9.17, 15) is 14.9 Å². The van der Waals surface area contributed by atoms with Crippen LogP contribution in [0.25, 0.3) is 6.08 Å². The quantitative estimate of drug-likeness (QED) is 0.343. The molecule has 0 atom stereocenters. The first-order valence-electron chi connectivity index (χ1n) is 8.66. The largest absolute Gasteiger partial charge is 0.496 e. The van der Waals surface area contributed by atoms with Crippen LogP contribution in [0.3, 0.4) is 0 Å². The predicted octanol–water partition coefficient (Wildman–Crippen LogP) is 2.07. The molecule has 2 aliphatic rings. The SMILES string of the molecule is COc1ccc(/C=C2/NC(=S)N(C3CC3)C2=O)cc1Cn1cc([N+](=O)[O-])cn1. The summed E-state index contributed by atoms with van der Waals surface area (Å²) in [6.45, 7) is 0.294.